The molecule has 1 amide bonds. The summed E-state index contributed by atoms with van der Waals surface area (Å²) in [5.74, 6) is -0.270. The molecule has 0 bridgehead atoms. The Bertz CT molecular complexity index is 992. The van der Waals surface area contributed by atoms with Crippen molar-refractivity contribution >= 4 is 11.6 Å². The third kappa shape index (κ3) is 2.47. The van der Waals surface area contributed by atoms with Gasteiger partial charge in [0.05, 0.1) is 5.69 Å². The lowest BCUT2D eigenvalue weighted by atomic mass is 9.80. The molecule has 1 fully saturated rings. The van der Waals surface area contributed by atoms with E-state index in [0.717, 1.165) is 42.6 Å². The lowest BCUT2D eigenvalue weighted by Crippen LogP contribution is -2.35. The number of aromatic nitrogens is 3. The summed E-state index contributed by atoms with van der Waals surface area (Å²) in [5.41, 5.74) is 2.72. The maximum atomic E-state index is 14.7. The summed E-state index contributed by atoms with van der Waals surface area (Å²) in [7, 11) is 0. The molecule has 5 rings (SSSR count). The van der Waals surface area contributed by atoms with E-state index in [2.05, 4.69) is 10.2 Å². The Labute approximate surface area is 156 Å². The molecular formula is C21H19FN4O. The van der Waals surface area contributed by atoms with E-state index in [-0.39, 0.29) is 17.1 Å². The van der Waals surface area contributed by atoms with Crippen LogP contribution in [0.4, 0.5) is 10.1 Å². The number of nitrogens with zero attached hydrogens (tertiary/aromatic N) is 4. The van der Waals surface area contributed by atoms with E-state index in [1.54, 1.807) is 40.3 Å². The van der Waals surface area contributed by atoms with Crippen molar-refractivity contribution in [3.05, 3.63) is 72.1 Å². The molecule has 0 atom stereocenters. The minimum atomic E-state index is -0.223. The van der Waals surface area contributed by atoms with Crippen LogP contribution in [0.15, 0.2) is 55.1 Å². The summed E-state index contributed by atoms with van der Waals surface area (Å²) < 4.78 is 16.5. The molecule has 1 aliphatic heterocycles. The highest BCUT2D eigenvalue weighted by atomic mass is 19.1. The Morgan fingerprint density at radius 1 is 1.00 bits per heavy atom. The fraction of sp³-hybridized carbons (Fsp3) is 0.286. The van der Waals surface area contributed by atoms with E-state index >= 15 is 0 Å². The van der Waals surface area contributed by atoms with Crippen molar-refractivity contribution in [3.63, 3.8) is 0 Å². The first-order chi connectivity index (χ1) is 13.2. The molecule has 5 nitrogen and oxygen atoms in total. The van der Waals surface area contributed by atoms with Crippen LogP contribution in [0.25, 0.3) is 5.69 Å². The fourth-order valence-electron chi connectivity index (χ4n) is 4.64. The Kier molecular flexibility index (Phi) is 3.60. The van der Waals surface area contributed by atoms with E-state index in [4.69, 9.17) is 0 Å². The molecule has 0 saturated heterocycles. The summed E-state index contributed by atoms with van der Waals surface area (Å²) in [4.78, 5) is 15.0. The van der Waals surface area contributed by atoms with Crippen LogP contribution in [-0.4, -0.2) is 27.2 Å². The zero-order valence-electron chi connectivity index (χ0n) is 14.8. The molecule has 0 radical (unpaired) electrons. The van der Waals surface area contributed by atoms with E-state index in [1.165, 1.54) is 6.07 Å². The smallest absolute Gasteiger partial charge is 0.258 e. The van der Waals surface area contributed by atoms with Crippen LogP contribution in [0, 0.1) is 5.82 Å². The maximum Gasteiger partial charge on any atom is 0.258 e. The van der Waals surface area contributed by atoms with Gasteiger partial charge in [0.25, 0.3) is 5.91 Å². The Hall–Kier alpha value is -3.02. The molecule has 27 heavy (non-hydrogen) atoms. The second kappa shape index (κ2) is 6.01. The molecular weight excluding hydrogens is 343 g/mol. The monoisotopic (exact) mass is 362 g/mol. The first kappa shape index (κ1) is 16.2. The van der Waals surface area contributed by atoms with Crippen LogP contribution < -0.4 is 4.90 Å². The van der Waals surface area contributed by atoms with Gasteiger partial charge in [-0.05, 0) is 49.2 Å². The third-order valence-electron chi connectivity index (χ3n) is 5.91. The van der Waals surface area contributed by atoms with Crippen molar-refractivity contribution < 1.29 is 9.18 Å². The third-order valence-corrected chi connectivity index (χ3v) is 5.91. The van der Waals surface area contributed by atoms with Gasteiger partial charge >= 0.3 is 0 Å². The average Bonchev–Trinajstić information content (AvgIpc) is 3.44. The Morgan fingerprint density at radius 2 is 1.70 bits per heavy atom. The number of hydrogen-bond acceptors (Lipinski definition) is 3. The lowest BCUT2D eigenvalue weighted by molar-refractivity contribution is 0.0985. The summed E-state index contributed by atoms with van der Waals surface area (Å²) in [6.07, 6.45) is 7.28. The number of fused-ring (bicyclic) bond motifs is 2. The maximum absolute atomic E-state index is 14.7. The number of rotatable bonds is 2. The van der Waals surface area contributed by atoms with Gasteiger partial charge in [0.15, 0.2) is 0 Å². The van der Waals surface area contributed by atoms with Crippen LogP contribution >= 0.6 is 0 Å². The van der Waals surface area contributed by atoms with Gasteiger partial charge in [0, 0.05) is 28.8 Å². The number of amides is 1. The van der Waals surface area contributed by atoms with E-state index in [9.17, 15) is 9.18 Å². The number of halogens is 1. The number of hydrogen-bond donors (Lipinski definition) is 0. The molecule has 2 aliphatic rings. The van der Waals surface area contributed by atoms with Gasteiger partial charge in [-0.3, -0.25) is 9.36 Å². The minimum Gasteiger partial charge on any atom is -0.307 e. The predicted octanol–water partition coefficient (Wildman–Crippen LogP) is 3.88. The zero-order valence-corrected chi connectivity index (χ0v) is 14.8. The second-order valence-electron chi connectivity index (χ2n) is 7.43. The van der Waals surface area contributed by atoms with Crippen molar-refractivity contribution in [2.45, 2.75) is 31.1 Å². The predicted molar refractivity (Wildman–Crippen MR) is 99.6 cm³/mol. The van der Waals surface area contributed by atoms with E-state index in [1.807, 2.05) is 18.2 Å². The summed E-state index contributed by atoms with van der Waals surface area (Å²) >= 11 is 0. The molecule has 136 valence electrons. The van der Waals surface area contributed by atoms with E-state index < -0.39 is 0 Å². The molecule has 0 unspecified atom stereocenters. The van der Waals surface area contributed by atoms with Crippen molar-refractivity contribution in [2.24, 2.45) is 0 Å². The molecule has 3 aromatic rings. The molecule has 2 heterocycles. The zero-order chi connectivity index (χ0) is 18.4. The summed E-state index contributed by atoms with van der Waals surface area (Å²) in [6, 6.07) is 12.4. The van der Waals surface area contributed by atoms with Crippen LogP contribution in [0.5, 0.6) is 0 Å². The first-order valence-electron chi connectivity index (χ1n) is 9.24. The van der Waals surface area contributed by atoms with Gasteiger partial charge in [-0.2, -0.15) is 0 Å². The quantitative estimate of drug-likeness (QED) is 0.695. The van der Waals surface area contributed by atoms with Crippen molar-refractivity contribution in [1.29, 1.82) is 0 Å². The SMILES string of the molecule is O=C(c1ccc(-n2cnnc2)cc1)N1CC2(CCCC2)c2c(F)cccc21. The molecule has 1 spiro atoms. The van der Waals surface area contributed by atoms with Crippen molar-refractivity contribution in [2.75, 3.05) is 11.4 Å². The number of carbonyl (C=O) groups excluding carboxylic acids is 1. The van der Waals surface area contributed by atoms with Crippen LogP contribution in [0.2, 0.25) is 0 Å². The molecule has 1 aliphatic carbocycles. The summed E-state index contributed by atoms with van der Waals surface area (Å²) in [6.45, 7) is 0.565. The number of anilines is 1. The first-order valence-corrected chi connectivity index (χ1v) is 9.24. The Morgan fingerprint density at radius 3 is 2.41 bits per heavy atom. The van der Waals surface area contributed by atoms with Crippen molar-refractivity contribution in [3.8, 4) is 5.69 Å². The van der Waals surface area contributed by atoms with Gasteiger partial charge in [-0.15, -0.1) is 10.2 Å². The van der Waals surface area contributed by atoms with Crippen LogP contribution in [-0.2, 0) is 5.41 Å². The van der Waals surface area contributed by atoms with Gasteiger partial charge in [0.2, 0.25) is 0 Å². The fourth-order valence-corrected chi connectivity index (χ4v) is 4.64. The largest absolute Gasteiger partial charge is 0.307 e. The number of benzene rings is 2. The highest BCUT2D eigenvalue weighted by Crippen LogP contribution is 2.51. The molecule has 1 aromatic heterocycles. The molecule has 2 aromatic carbocycles. The lowest BCUT2D eigenvalue weighted by Gasteiger charge is -2.25. The van der Waals surface area contributed by atoms with Gasteiger partial charge in [0.1, 0.15) is 18.5 Å². The topological polar surface area (TPSA) is 51.0 Å². The van der Waals surface area contributed by atoms with E-state index in [0.29, 0.717) is 12.1 Å². The van der Waals surface area contributed by atoms with Gasteiger partial charge < -0.3 is 4.90 Å². The second-order valence-corrected chi connectivity index (χ2v) is 7.43. The highest BCUT2D eigenvalue weighted by molar-refractivity contribution is 6.07. The van der Waals surface area contributed by atoms with Crippen molar-refractivity contribution in [1.82, 2.24) is 14.8 Å². The van der Waals surface area contributed by atoms with Gasteiger partial charge in [-0.25, -0.2) is 4.39 Å². The number of carbonyl (C=O) groups is 1. The minimum absolute atomic E-state index is 0.0825. The Balaban J connectivity index is 1.50. The molecule has 6 heteroatoms. The normalized spacial score (nSPS) is 17.4. The van der Waals surface area contributed by atoms with Gasteiger partial charge in [-0.1, -0.05) is 18.9 Å². The summed E-state index contributed by atoms with van der Waals surface area (Å²) in [5, 5.41) is 7.59. The molecule has 1 saturated carbocycles. The molecule has 0 N–H and O–H groups in total. The standard InChI is InChI=1S/C21H19FN4O/c22-17-4-3-5-18-19(17)21(10-1-2-11-21)12-26(18)20(27)15-6-8-16(9-7-15)25-13-23-24-14-25/h3-9,13-14H,1-2,10-12H2. The van der Waals surface area contributed by atoms with Crippen LogP contribution in [0.3, 0.4) is 0 Å². The average molecular weight is 362 g/mol. The van der Waals surface area contributed by atoms with Crippen LogP contribution in [0.1, 0.15) is 41.6 Å². The highest BCUT2D eigenvalue weighted by Gasteiger charge is 2.48.